The van der Waals surface area contributed by atoms with Crippen molar-refractivity contribution in [2.75, 3.05) is 31.1 Å². The number of halogens is 1. The maximum atomic E-state index is 13.5. The highest BCUT2D eigenvalue weighted by Gasteiger charge is 2.43. The molecule has 0 atom stereocenters. The van der Waals surface area contributed by atoms with E-state index in [4.69, 9.17) is 4.74 Å². The third-order valence-electron chi connectivity index (χ3n) is 4.85. The Morgan fingerprint density at radius 1 is 1.29 bits per heavy atom. The van der Waals surface area contributed by atoms with Gasteiger partial charge in [0, 0.05) is 24.7 Å². The lowest BCUT2D eigenvalue weighted by Gasteiger charge is -2.47. The van der Waals surface area contributed by atoms with Gasteiger partial charge in [0.1, 0.15) is 12.4 Å². The zero-order valence-corrected chi connectivity index (χ0v) is 14.1. The van der Waals surface area contributed by atoms with E-state index >= 15 is 0 Å². The lowest BCUT2D eigenvalue weighted by molar-refractivity contribution is -0.151. The molecule has 2 saturated heterocycles. The molecule has 130 valence electrons. The number of anilines is 1. The Bertz CT molecular complexity index is 639. The minimum Gasteiger partial charge on any atom is -0.363 e. The average Bonchev–Trinajstić information content (AvgIpc) is 2.57. The molecule has 2 amide bonds. The number of amides is 2. The summed E-state index contributed by atoms with van der Waals surface area (Å²) in [5, 5.41) is 0. The number of morpholine rings is 1. The Morgan fingerprint density at radius 2 is 2.00 bits per heavy atom. The van der Waals surface area contributed by atoms with Gasteiger partial charge in [-0.1, -0.05) is 19.9 Å². The number of rotatable bonds is 2. The van der Waals surface area contributed by atoms with Crippen LogP contribution in [0.25, 0.3) is 0 Å². The number of piperidine rings is 1. The number of carbonyl (C=O) groups excluding carboxylic acids is 2. The summed E-state index contributed by atoms with van der Waals surface area (Å²) in [4.78, 5) is 27.8. The number of hydrogen-bond donors (Lipinski definition) is 0. The van der Waals surface area contributed by atoms with E-state index in [0.717, 1.165) is 0 Å². The molecule has 2 aliphatic heterocycles. The van der Waals surface area contributed by atoms with Crippen molar-refractivity contribution >= 4 is 17.5 Å². The normalized spacial score (nSPS) is 20.8. The third-order valence-corrected chi connectivity index (χ3v) is 4.85. The Kier molecular flexibility index (Phi) is 4.58. The molecule has 1 aromatic rings. The van der Waals surface area contributed by atoms with Gasteiger partial charge in [-0.25, -0.2) is 4.39 Å². The molecule has 2 fully saturated rings. The maximum Gasteiger partial charge on any atom is 0.253 e. The summed E-state index contributed by atoms with van der Waals surface area (Å²) in [7, 11) is 0. The van der Waals surface area contributed by atoms with Crippen molar-refractivity contribution in [3.05, 3.63) is 30.1 Å². The third kappa shape index (κ3) is 3.29. The molecule has 0 aromatic heterocycles. The van der Waals surface area contributed by atoms with E-state index in [1.165, 1.54) is 12.1 Å². The van der Waals surface area contributed by atoms with Crippen molar-refractivity contribution in [3.63, 3.8) is 0 Å². The second-order valence-corrected chi connectivity index (χ2v) is 6.91. The highest BCUT2D eigenvalue weighted by molar-refractivity contribution is 5.95. The molecule has 0 N–H and O–H groups in total. The van der Waals surface area contributed by atoms with Crippen molar-refractivity contribution in [1.29, 1.82) is 0 Å². The molecule has 0 unspecified atom stereocenters. The smallest absolute Gasteiger partial charge is 0.253 e. The quantitative estimate of drug-likeness (QED) is 0.833. The summed E-state index contributed by atoms with van der Waals surface area (Å²) in [6.45, 7) is 5.44. The fraction of sp³-hybridized carbons (Fsp3) is 0.556. The highest BCUT2D eigenvalue weighted by Crippen LogP contribution is 2.33. The van der Waals surface area contributed by atoms with Crippen LogP contribution in [0.5, 0.6) is 0 Å². The van der Waals surface area contributed by atoms with E-state index in [2.05, 4.69) is 0 Å². The van der Waals surface area contributed by atoms with Crippen LogP contribution in [-0.2, 0) is 14.3 Å². The molecule has 5 nitrogen and oxygen atoms in total. The van der Waals surface area contributed by atoms with Gasteiger partial charge in [-0.2, -0.15) is 0 Å². The first-order valence-corrected chi connectivity index (χ1v) is 8.39. The minimum atomic E-state index is -0.450. The fourth-order valence-electron chi connectivity index (χ4n) is 3.40. The van der Waals surface area contributed by atoms with E-state index in [-0.39, 0.29) is 30.2 Å². The van der Waals surface area contributed by atoms with E-state index in [9.17, 15) is 14.0 Å². The SMILES string of the molecule is CC(C)C(=O)N1CCC2(CC1)CN(c1cccc(F)c1)C(=O)CO2. The maximum absolute atomic E-state index is 13.5. The summed E-state index contributed by atoms with van der Waals surface area (Å²) >= 11 is 0. The zero-order valence-electron chi connectivity index (χ0n) is 14.1. The summed E-state index contributed by atoms with van der Waals surface area (Å²) in [6, 6.07) is 6.07. The van der Waals surface area contributed by atoms with Crippen molar-refractivity contribution in [1.82, 2.24) is 4.90 Å². The predicted molar refractivity (Wildman–Crippen MR) is 88.1 cm³/mol. The van der Waals surface area contributed by atoms with Crippen LogP contribution < -0.4 is 4.90 Å². The summed E-state index contributed by atoms with van der Waals surface area (Å²) < 4.78 is 19.4. The van der Waals surface area contributed by atoms with Crippen molar-refractivity contribution in [3.8, 4) is 0 Å². The fourth-order valence-corrected chi connectivity index (χ4v) is 3.40. The van der Waals surface area contributed by atoms with E-state index in [1.54, 1.807) is 17.0 Å². The van der Waals surface area contributed by atoms with Gasteiger partial charge in [-0.15, -0.1) is 0 Å². The van der Waals surface area contributed by atoms with Gasteiger partial charge in [0.05, 0.1) is 12.1 Å². The van der Waals surface area contributed by atoms with Gasteiger partial charge in [-0.05, 0) is 31.0 Å². The summed E-state index contributed by atoms with van der Waals surface area (Å²) in [6.07, 6.45) is 1.37. The minimum absolute atomic E-state index is 0.00532. The Labute approximate surface area is 141 Å². The molecule has 3 rings (SSSR count). The zero-order chi connectivity index (χ0) is 17.3. The van der Waals surface area contributed by atoms with Gasteiger partial charge in [0.2, 0.25) is 5.91 Å². The Morgan fingerprint density at radius 3 is 2.62 bits per heavy atom. The van der Waals surface area contributed by atoms with Gasteiger partial charge >= 0.3 is 0 Å². The standard InChI is InChI=1S/C18H23FN2O3/c1-13(2)17(23)20-8-6-18(7-9-20)12-21(16(22)11-24-18)15-5-3-4-14(19)10-15/h3-5,10,13H,6-9,11-12H2,1-2H3. The molecular weight excluding hydrogens is 311 g/mol. The molecular formula is C18H23FN2O3. The number of benzene rings is 1. The van der Waals surface area contributed by atoms with Crippen LogP contribution in [0.4, 0.5) is 10.1 Å². The van der Waals surface area contributed by atoms with Gasteiger partial charge in [-0.3, -0.25) is 9.59 Å². The molecule has 0 radical (unpaired) electrons. The van der Waals surface area contributed by atoms with Crippen LogP contribution in [0.2, 0.25) is 0 Å². The van der Waals surface area contributed by atoms with Crippen LogP contribution in [-0.4, -0.2) is 48.6 Å². The molecule has 1 aromatic carbocycles. The predicted octanol–water partition coefficient (Wildman–Crippen LogP) is 2.21. The van der Waals surface area contributed by atoms with Crippen LogP contribution in [0.3, 0.4) is 0 Å². The van der Waals surface area contributed by atoms with Crippen LogP contribution in [0.15, 0.2) is 24.3 Å². The molecule has 1 spiro atoms. The Balaban J connectivity index is 1.72. The molecule has 24 heavy (non-hydrogen) atoms. The van der Waals surface area contributed by atoms with Crippen molar-refractivity contribution < 1.29 is 18.7 Å². The number of nitrogens with zero attached hydrogens (tertiary/aromatic N) is 2. The van der Waals surface area contributed by atoms with E-state index < -0.39 is 5.60 Å². The lowest BCUT2D eigenvalue weighted by Crippen LogP contribution is -2.59. The average molecular weight is 334 g/mol. The second-order valence-electron chi connectivity index (χ2n) is 6.91. The largest absolute Gasteiger partial charge is 0.363 e. The van der Waals surface area contributed by atoms with E-state index in [1.807, 2.05) is 18.7 Å². The first kappa shape index (κ1) is 16.9. The van der Waals surface area contributed by atoms with Crippen LogP contribution in [0, 0.1) is 11.7 Å². The highest BCUT2D eigenvalue weighted by atomic mass is 19.1. The van der Waals surface area contributed by atoms with Gasteiger partial charge < -0.3 is 14.5 Å². The van der Waals surface area contributed by atoms with Crippen LogP contribution in [0.1, 0.15) is 26.7 Å². The molecule has 0 bridgehead atoms. The molecule has 6 heteroatoms. The lowest BCUT2D eigenvalue weighted by atomic mass is 9.88. The number of likely N-dealkylation sites (tertiary alicyclic amines) is 1. The summed E-state index contributed by atoms with van der Waals surface area (Å²) in [5.41, 5.74) is 0.108. The van der Waals surface area contributed by atoms with Crippen LogP contribution >= 0.6 is 0 Å². The monoisotopic (exact) mass is 334 g/mol. The number of hydrogen-bond acceptors (Lipinski definition) is 3. The molecule has 0 aliphatic carbocycles. The van der Waals surface area contributed by atoms with Gasteiger partial charge in [0.25, 0.3) is 5.91 Å². The topological polar surface area (TPSA) is 49.9 Å². The Hall–Kier alpha value is -1.95. The number of ether oxygens (including phenoxy) is 1. The first-order valence-electron chi connectivity index (χ1n) is 8.39. The van der Waals surface area contributed by atoms with Gasteiger partial charge in [0.15, 0.2) is 0 Å². The first-order chi connectivity index (χ1) is 11.4. The molecule has 0 saturated carbocycles. The summed E-state index contributed by atoms with van der Waals surface area (Å²) in [5.74, 6) is -0.388. The molecule has 2 aliphatic rings. The van der Waals surface area contributed by atoms with E-state index in [0.29, 0.717) is 38.2 Å². The number of carbonyl (C=O) groups is 2. The molecule has 2 heterocycles. The van der Waals surface area contributed by atoms with Crippen molar-refractivity contribution in [2.45, 2.75) is 32.3 Å². The second kappa shape index (κ2) is 6.51. The van der Waals surface area contributed by atoms with Crippen molar-refractivity contribution in [2.24, 2.45) is 5.92 Å².